The third-order valence-corrected chi connectivity index (χ3v) is 7.10. The third kappa shape index (κ3) is 6.87. The van der Waals surface area contributed by atoms with Gasteiger partial charge in [-0.3, -0.25) is 14.6 Å². The van der Waals surface area contributed by atoms with E-state index in [2.05, 4.69) is 15.0 Å². The molecule has 3 heterocycles. The highest BCUT2D eigenvalue weighted by Gasteiger charge is 2.23. The van der Waals surface area contributed by atoms with Gasteiger partial charge in [0, 0.05) is 50.2 Å². The number of carbonyl (C=O) groups is 1. The molecule has 3 aromatic heterocycles. The predicted molar refractivity (Wildman–Crippen MR) is 166 cm³/mol. The molecule has 0 aliphatic rings. The second-order valence-electron chi connectivity index (χ2n) is 10.2. The summed E-state index contributed by atoms with van der Waals surface area (Å²) in [5.74, 6) is -1.06. The number of hydrogen-bond donors (Lipinski definition) is 1. The van der Waals surface area contributed by atoms with Gasteiger partial charge in [0.25, 0.3) is 5.88 Å². The van der Waals surface area contributed by atoms with Crippen LogP contribution in [-0.4, -0.2) is 55.3 Å². The van der Waals surface area contributed by atoms with Gasteiger partial charge >= 0.3 is 0 Å². The number of fused-ring (bicyclic) bond motifs is 1. The van der Waals surface area contributed by atoms with Crippen LogP contribution in [0.25, 0.3) is 22.2 Å². The van der Waals surface area contributed by atoms with Crippen molar-refractivity contribution in [2.24, 2.45) is 0 Å². The van der Waals surface area contributed by atoms with Crippen molar-refractivity contribution in [1.29, 1.82) is 0 Å². The van der Waals surface area contributed by atoms with E-state index in [0.29, 0.717) is 45.9 Å². The normalized spacial score (nSPS) is 11.1. The van der Waals surface area contributed by atoms with Gasteiger partial charge in [-0.15, -0.1) is 0 Å². The van der Waals surface area contributed by atoms with Crippen LogP contribution in [0.15, 0.2) is 65.6 Å². The number of ketones is 1. The highest BCUT2D eigenvalue weighted by Crippen LogP contribution is 2.35. The fraction of sp³-hybridized carbons (Fsp3) is 0.235. The number of hydrogen-bond acceptors (Lipinski definition) is 9. The van der Waals surface area contributed by atoms with Gasteiger partial charge < -0.3 is 28.7 Å². The summed E-state index contributed by atoms with van der Waals surface area (Å²) in [6.45, 7) is 2.31. The van der Waals surface area contributed by atoms with Crippen LogP contribution < -0.4 is 19.6 Å². The Labute approximate surface area is 262 Å². The van der Waals surface area contributed by atoms with Gasteiger partial charge in [-0.05, 0) is 42.3 Å². The lowest BCUT2D eigenvalue weighted by Gasteiger charge is -2.14. The van der Waals surface area contributed by atoms with E-state index in [1.54, 1.807) is 20.1 Å². The zero-order valence-electron chi connectivity index (χ0n) is 25.6. The van der Waals surface area contributed by atoms with Crippen LogP contribution in [0.1, 0.15) is 27.3 Å². The average molecular weight is 632 g/mol. The minimum atomic E-state index is -0.733. The van der Waals surface area contributed by atoms with E-state index in [9.17, 15) is 14.0 Å². The lowest BCUT2D eigenvalue weighted by atomic mass is 9.95. The predicted octanol–water partition coefficient (Wildman–Crippen LogP) is 5.97. The number of ether oxygens (including phenoxy) is 5. The second-order valence-corrected chi connectivity index (χ2v) is 10.2. The Kier molecular flexibility index (Phi) is 9.99. The number of H-pyrrole nitrogens is 1. The highest BCUT2D eigenvalue weighted by atomic mass is 19.1. The maximum Gasteiger partial charge on any atom is 0.257 e. The monoisotopic (exact) mass is 631 g/mol. The fourth-order valence-electron chi connectivity index (χ4n) is 5.00. The van der Waals surface area contributed by atoms with E-state index in [1.807, 2.05) is 0 Å². The number of halogens is 2. The van der Waals surface area contributed by atoms with Crippen LogP contribution in [-0.2, 0) is 22.5 Å². The molecule has 0 radical (unpaired) electrons. The molecule has 0 atom stereocenters. The largest absolute Gasteiger partial charge is 0.485 e. The van der Waals surface area contributed by atoms with Crippen LogP contribution in [0, 0.1) is 18.6 Å². The van der Waals surface area contributed by atoms with Crippen LogP contribution in [0.5, 0.6) is 23.1 Å². The number of nitrogens with zero attached hydrogens (tertiary/aromatic N) is 2. The summed E-state index contributed by atoms with van der Waals surface area (Å²) in [7, 11) is 4.45. The molecule has 5 rings (SSSR count). The van der Waals surface area contributed by atoms with E-state index in [4.69, 9.17) is 23.7 Å². The van der Waals surface area contributed by atoms with E-state index in [0.717, 1.165) is 0 Å². The molecule has 5 aromatic rings. The first-order valence-electron chi connectivity index (χ1n) is 14.2. The van der Waals surface area contributed by atoms with Crippen molar-refractivity contribution in [2.75, 3.05) is 34.5 Å². The molecule has 10 nitrogen and oxygen atoms in total. The molecule has 0 spiro atoms. The summed E-state index contributed by atoms with van der Waals surface area (Å²) >= 11 is 0. The molecule has 0 aliphatic carbocycles. The van der Waals surface area contributed by atoms with Crippen LogP contribution in [0.4, 0.5) is 8.78 Å². The number of rotatable bonds is 13. The first-order chi connectivity index (χ1) is 22.2. The van der Waals surface area contributed by atoms with Crippen molar-refractivity contribution in [3.63, 3.8) is 0 Å². The average Bonchev–Trinajstić information content (AvgIpc) is 3.03. The van der Waals surface area contributed by atoms with E-state index < -0.39 is 22.8 Å². The molecule has 0 amide bonds. The van der Waals surface area contributed by atoms with Crippen molar-refractivity contribution in [2.45, 2.75) is 20.0 Å². The maximum absolute atomic E-state index is 15.4. The van der Waals surface area contributed by atoms with Gasteiger partial charge in [-0.1, -0.05) is 18.2 Å². The summed E-state index contributed by atoms with van der Waals surface area (Å²) < 4.78 is 56.1. The van der Waals surface area contributed by atoms with Crippen molar-refractivity contribution in [3.05, 3.63) is 105 Å². The van der Waals surface area contributed by atoms with E-state index >= 15 is 4.39 Å². The molecule has 12 heteroatoms. The maximum atomic E-state index is 15.4. The summed E-state index contributed by atoms with van der Waals surface area (Å²) in [4.78, 5) is 39.1. The first-order valence-corrected chi connectivity index (χ1v) is 14.2. The molecule has 0 fully saturated rings. The number of benzene rings is 2. The molecule has 0 saturated carbocycles. The highest BCUT2D eigenvalue weighted by molar-refractivity contribution is 5.99. The van der Waals surface area contributed by atoms with Gasteiger partial charge in [-0.2, -0.15) is 0 Å². The van der Waals surface area contributed by atoms with Crippen molar-refractivity contribution >= 4 is 16.8 Å². The summed E-state index contributed by atoms with van der Waals surface area (Å²) in [6.07, 6.45) is 1.22. The zero-order chi connectivity index (χ0) is 32.8. The molecular weight excluding hydrogens is 600 g/mol. The quantitative estimate of drug-likeness (QED) is 0.124. The number of aryl methyl sites for hydroxylation is 1. The zero-order valence-corrected chi connectivity index (χ0v) is 25.6. The van der Waals surface area contributed by atoms with Gasteiger partial charge in [-0.25, -0.2) is 13.8 Å². The molecule has 1 N–H and O–H groups in total. The smallest absolute Gasteiger partial charge is 0.257 e. The van der Waals surface area contributed by atoms with Crippen molar-refractivity contribution in [3.8, 4) is 34.3 Å². The number of Topliss-reactive ketones (excluding diaryl/α,β-unsaturated/α-hetero) is 1. The van der Waals surface area contributed by atoms with Gasteiger partial charge in [0.05, 0.1) is 37.1 Å². The van der Waals surface area contributed by atoms with Gasteiger partial charge in [0.2, 0.25) is 5.43 Å². The molecule has 0 saturated heterocycles. The number of carbonyl (C=O) groups excluding carboxylic acids is 1. The molecular formula is C34H31F2N3O7. The molecule has 2 aromatic carbocycles. The minimum absolute atomic E-state index is 0.0263. The minimum Gasteiger partial charge on any atom is -0.485 e. The fourth-order valence-corrected chi connectivity index (χ4v) is 5.00. The number of pyridine rings is 3. The number of aromatic amines is 1. The molecule has 46 heavy (non-hydrogen) atoms. The van der Waals surface area contributed by atoms with Crippen LogP contribution in [0.3, 0.4) is 0 Å². The Balaban J connectivity index is 1.42. The molecule has 0 bridgehead atoms. The Bertz CT molecular complexity index is 1950. The topological polar surface area (TPSA) is 122 Å². The first kappa shape index (κ1) is 32.2. The molecule has 0 aliphatic heterocycles. The molecule has 238 valence electrons. The third-order valence-electron chi connectivity index (χ3n) is 7.10. The lowest BCUT2D eigenvalue weighted by Crippen LogP contribution is -2.24. The molecule has 0 unspecified atom stereocenters. The summed E-state index contributed by atoms with van der Waals surface area (Å²) in [6, 6.07) is 12.7. The van der Waals surface area contributed by atoms with Crippen LogP contribution in [0.2, 0.25) is 0 Å². The van der Waals surface area contributed by atoms with Crippen molar-refractivity contribution < 1.29 is 37.3 Å². The van der Waals surface area contributed by atoms with Crippen molar-refractivity contribution in [1.82, 2.24) is 15.0 Å². The SMILES string of the molecule is COCCOc1cc2nccc(Oc3ccc(CC(=O)c4c(COC)[nH]c(C)c(-c5ccc(F)cc5)c4=O)cc3F)c2nc1OC. The second kappa shape index (κ2) is 14.3. The Hall–Kier alpha value is -5.20. The van der Waals surface area contributed by atoms with Gasteiger partial charge in [0.1, 0.15) is 17.9 Å². The van der Waals surface area contributed by atoms with Crippen LogP contribution >= 0.6 is 0 Å². The Morgan fingerprint density at radius 3 is 2.39 bits per heavy atom. The van der Waals surface area contributed by atoms with E-state index in [-0.39, 0.29) is 48.1 Å². The Morgan fingerprint density at radius 1 is 0.913 bits per heavy atom. The summed E-state index contributed by atoms with van der Waals surface area (Å²) in [5, 5.41) is 0. The van der Waals surface area contributed by atoms with Gasteiger partial charge in [0.15, 0.2) is 28.8 Å². The lowest BCUT2D eigenvalue weighted by molar-refractivity contribution is 0.0985. The Morgan fingerprint density at radius 2 is 1.70 bits per heavy atom. The standard InChI is InChI=1S/C34H31F2N3O7/c1-19-30(21-6-8-22(35)9-7-21)33(41)31(25(38-19)18-43-3)26(40)16-20-5-10-27(23(36)15-20)46-28-11-12-37-24-17-29(45-14-13-42-2)34(44-4)39-32(24)28/h5-12,15,17H,13-14,16,18H2,1-4H3,(H,38,41). The number of aromatic nitrogens is 3. The summed E-state index contributed by atoms with van der Waals surface area (Å²) in [5.41, 5.74) is 1.92. The van der Waals surface area contributed by atoms with E-state index in [1.165, 1.54) is 68.9 Å². The number of methoxy groups -OCH3 is 3. The number of nitrogens with one attached hydrogen (secondary N) is 1.